The zero-order valence-electron chi connectivity index (χ0n) is 8.62. The molecule has 0 amide bonds. The summed E-state index contributed by atoms with van der Waals surface area (Å²) in [7, 11) is -4.93. The molecule has 12 heteroatoms. The maximum Gasteiger partial charge on any atom is 0.407 e. The van der Waals surface area contributed by atoms with E-state index in [1.165, 1.54) is 0 Å². The summed E-state index contributed by atoms with van der Waals surface area (Å²) in [5, 5.41) is 47.6. The molecule has 1 unspecified atom stereocenters. The normalized spacial score (nSPS) is 55.2. The van der Waals surface area contributed by atoms with Crippen LogP contribution in [0, 0.1) is 0 Å². The fourth-order valence-corrected chi connectivity index (χ4v) is 2.72. The van der Waals surface area contributed by atoms with Gasteiger partial charge in [-0.3, -0.25) is 5.73 Å². The quantitative estimate of drug-likeness (QED) is 0.253. The molecule has 2 aliphatic rings. The molecule has 0 spiro atoms. The average Bonchev–Trinajstić information content (AvgIpc) is 2.40. The highest BCUT2D eigenvalue weighted by molar-refractivity contribution is 7.82. The Hall–Kier alpha value is -0.410. The zero-order chi connectivity index (χ0) is 14.0. The molecular weight excluding hydrogens is 278 g/mol. The third kappa shape index (κ3) is 1.53. The smallest absolute Gasteiger partial charge is 0.394 e. The summed E-state index contributed by atoms with van der Waals surface area (Å²) in [6, 6.07) is 0. The molecule has 5 atom stereocenters. The summed E-state index contributed by atoms with van der Waals surface area (Å²) in [6.45, 7) is -0.956. The standard InChI is InChI=1S/C6H11NO10S/c7-4(10)3(9)2(1-8)15-6(12)5(4,11)16-18(13,14)17-6/h2-3,8-12H,1,7H2/t2-,3+,4+,5-,6?/m1/s1. The van der Waals surface area contributed by atoms with Gasteiger partial charge in [0.2, 0.25) is 5.72 Å². The van der Waals surface area contributed by atoms with Crippen molar-refractivity contribution in [2.75, 3.05) is 6.61 Å². The summed E-state index contributed by atoms with van der Waals surface area (Å²) >= 11 is 0. The van der Waals surface area contributed by atoms with Crippen LogP contribution in [0.15, 0.2) is 0 Å². The lowest BCUT2D eigenvalue weighted by Gasteiger charge is -2.49. The molecule has 2 saturated heterocycles. The van der Waals surface area contributed by atoms with E-state index in [2.05, 4.69) is 13.1 Å². The summed E-state index contributed by atoms with van der Waals surface area (Å²) < 4.78 is 34.4. The number of rotatable bonds is 1. The average molecular weight is 289 g/mol. The lowest BCUT2D eigenvalue weighted by Crippen LogP contribution is -2.82. The summed E-state index contributed by atoms with van der Waals surface area (Å²) in [6.07, 6.45) is -3.88. The van der Waals surface area contributed by atoms with Crippen molar-refractivity contribution < 1.29 is 47.1 Å². The van der Waals surface area contributed by atoms with Gasteiger partial charge in [-0.1, -0.05) is 0 Å². The van der Waals surface area contributed by atoms with E-state index in [9.17, 15) is 28.8 Å². The van der Waals surface area contributed by atoms with Crippen molar-refractivity contribution in [3.05, 3.63) is 0 Å². The van der Waals surface area contributed by atoms with Crippen LogP contribution in [0.4, 0.5) is 0 Å². The van der Waals surface area contributed by atoms with Crippen molar-refractivity contribution in [3.63, 3.8) is 0 Å². The molecule has 7 N–H and O–H groups in total. The predicted molar refractivity (Wildman–Crippen MR) is 48.1 cm³/mol. The molecule has 106 valence electrons. The Labute approximate surface area is 100 Å². The van der Waals surface area contributed by atoms with Gasteiger partial charge in [-0.15, -0.1) is 0 Å². The van der Waals surface area contributed by atoms with Gasteiger partial charge < -0.3 is 30.3 Å². The highest BCUT2D eigenvalue weighted by atomic mass is 32.3. The van der Waals surface area contributed by atoms with Crippen molar-refractivity contribution in [3.8, 4) is 0 Å². The second-order valence-corrected chi connectivity index (χ2v) is 5.06. The van der Waals surface area contributed by atoms with Gasteiger partial charge in [-0.2, -0.15) is 16.8 Å². The Balaban J connectivity index is 2.56. The van der Waals surface area contributed by atoms with Crippen LogP contribution in [-0.4, -0.2) is 70.3 Å². The number of nitrogens with two attached hydrogens (primary N) is 1. The van der Waals surface area contributed by atoms with Crippen molar-refractivity contribution >= 4 is 10.4 Å². The van der Waals surface area contributed by atoms with E-state index in [-0.39, 0.29) is 0 Å². The van der Waals surface area contributed by atoms with Crippen LogP contribution < -0.4 is 5.73 Å². The summed E-state index contributed by atoms with van der Waals surface area (Å²) in [4.78, 5) is 0. The second-order valence-electron chi connectivity index (χ2n) is 3.91. The van der Waals surface area contributed by atoms with Gasteiger partial charge in [0, 0.05) is 0 Å². The molecule has 11 nitrogen and oxygen atoms in total. The number of aliphatic hydroxyl groups excluding tert-OH is 2. The topological polar surface area (TPSA) is 189 Å². The van der Waals surface area contributed by atoms with E-state index in [1.807, 2.05) is 0 Å². The molecular formula is C6H11NO10S. The summed E-state index contributed by atoms with van der Waals surface area (Å²) in [5.41, 5.74) is 1.96. The Morgan fingerprint density at radius 2 is 1.78 bits per heavy atom. The highest BCUT2D eigenvalue weighted by Gasteiger charge is 2.80. The largest absolute Gasteiger partial charge is 0.407 e. The first kappa shape index (κ1) is 14.0. The second kappa shape index (κ2) is 3.57. The Morgan fingerprint density at radius 1 is 1.22 bits per heavy atom. The lowest BCUT2D eigenvalue weighted by molar-refractivity contribution is -0.496. The van der Waals surface area contributed by atoms with Gasteiger partial charge in [0.25, 0.3) is 0 Å². The SMILES string of the molecule is N[C@]1(O)[C@@H](O)[C@@H](CO)OC2(O)OS(=O)(=O)O[C@@]21O. The van der Waals surface area contributed by atoms with Crippen molar-refractivity contribution in [2.45, 2.75) is 29.7 Å². The fraction of sp³-hybridized carbons (Fsp3) is 1.00. The molecule has 2 fully saturated rings. The Bertz CT molecular complexity index is 463. The van der Waals surface area contributed by atoms with Crippen LogP contribution >= 0.6 is 0 Å². The minimum absolute atomic E-state index is 0.956. The number of fused-ring (bicyclic) bond motifs is 1. The van der Waals surface area contributed by atoms with E-state index in [0.29, 0.717) is 0 Å². The van der Waals surface area contributed by atoms with E-state index in [1.54, 1.807) is 0 Å². The van der Waals surface area contributed by atoms with Crippen LogP contribution in [0.25, 0.3) is 0 Å². The van der Waals surface area contributed by atoms with Crippen molar-refractivity contribution in [1.29, 1.82) is 0 Å². The minimum Gasteiger partial charge on any atom is -0.394 e. The maximum absolute atomic E-state index is 11.0. The van der Waals surface area contributed by atoms with E-state index < -0.39 is 46.7 Å². The monoisotopic (exact) mass is 289 g/mol. The third-order valence-corrected chi connectivity index (χ3v) is 3.58. The van der Waals surface area contributed by atoms with Gasteiger partial charge in [0.1, 0.15) is 12.2 Å². The lowest BCUT2D eigenvalue weighted by atomic mass is 9.88. The molecule has 2 rings (SSSR count). The highest BCUT2D eigenvalue weighted by Crippen LogP contribution is 2.48. The Kier molecular flexibility index (Phi) is 2.78. The first-order chi connectivity index (χ1) is 7.99. The van der Waals surface area contributed by atoms with Crippen molar-refractivity contribution in [1.82, 2.24) is 0 Å². The minimum atomic E-state index is -4.93. The fourth-order valence-electron chi connectivity index (χ4n) is 1.72. The van der Waals surface area contributed by atoms with Gasteiger partial charge in [-0.25, -0.2) is 0 Å². The number of ether oxygens (including phenoxy) is 1. The molecule has 0 aromatic carbocycles. The van der Waals surface area contributed by atoms with Crippen LogP contribution in [0.2, 0.25) is 0 Å². The van der Waals surface area contributed by atoms with Crippen molar-refractivity contribution in [2.24, 2.45) is 5.73 Å². The number of hydrogen-bond donors (Lipinski definition) is 6. The number of hydrogen-bond acceptors (Lipinski definition) is 11. The van der Waals surface area contributed by atoms with Gasteiger partial charge in [0.15, 0.2) is 0 Å². The van der Waals surface area contributed by atoms with E-state index >= 15 is 0 Å². The van der Waals surface area contributed by atoms with Crippen LogP contribution in [0.5, 0.6) is 0 Å². The first-order valence-corrected chi connectivity index (χ1v) is 5.91. The molecule has 18 heavy (non-hydrogen) atoms. The molecule has 0 bridgehead atoms. The molecule has 0 radical (unpaired) electrons. The van der Waals surface area contributed by atoms with E-state index in [0.717, 1.165) is 0 Å². The molecule has 0 aromatic heterocycles. The maximum atomic E-state index is 11.0. The molecule has 2 heterocycles. The van der Waals surface area contributed by atoms with Crippen LogP contribution in [0.3, 0.4) is 0 Å². The van der Waals surface area contributed by atoms with Crippen LogP contribution in [-0.2, 0) is 23.5 Å². The van der Waals surface area contributed by atoms with E-state index in [4.69, 9.17) is 10.8 Å². The molecule has 0 aromatic rings. The van der Waals surface area contributed by atoms with Gasteiger partial charge in [0.05, 0.1) is 6.61 Å². The Morgan fingerprint density at radius 3 is 2.28 bits per heavy atom. The van der Waals surface area contributed by atoms with Gasteiger partial charge >= 0.3 is 22.2 Å². The molecule has 0 aliphatic carbocycles. The summed E-state index contributed by atoms with van der Waals surface area (Å²) in [5.74, 6) is -6.90. The van der Waals surface area contributed by atoms with Gasteiger partial charge in [-0.05, 0) is 0 Å². The number of aliphatic hydroxyl groups is 5. The molecule has 2 aliphatic heterocycles. The molecule has 0 saturated carbocycles. The predicted octanol–water partition coefficient (Wildman–Crippen LogP) is -4.99. The van der Waals surface area contributed by atoms with Crippen LogP contribution in [0.1, 0.15) is 0 Å². The zero-order valence-corrected chi connectivity index (χ0v) is 9.44. The third-order valence-electron chi connectivity index (χ3n) is 2.70. The first-order valence-electron chi connectivity index (χ1n) is 4.58.